The normalized spacial score (nSPS) is 21.0. The van der Waals surface area contributed by atoms with Crippen molar-refractivity contribution in [2.24, 2.45) is 11.8 Å². The van der Waals surface area contributed by atoms with E-state index in [0.717, 1.165) is 13.8 Å². The number of para-hydroxylation sites is 1. The number of Topliss-reactive ketones (excluding diaryl/α,β-unsaturated/α-hetero) is 2. The number of esters is 1. The van der Waals surface area contributed by atoms with E-state index in [1.807, 2.05) is 0 Å². The summed E-state index contributed by atoms with van der Waals surface area (Å²) in [6, 6.07) is 20.2. The molecule has 7 nitrogen and oxygen atoms in total. The lowest BCUT2D eigenvalue weighted by Crippen LogP contribution is -2.52. The van der Waals surface area contributed by atoms with Gasteiger partial charge >= 0.3 is 5.97 Å². The topological polar surface area (TPSA) is 97.8 Å². The zero-order chi connectivity index (χ0) is 29.5. The Hall–Kier alpha value is -3.69. The number of halogens is 2. The second-order valence-electron chi connectivity index (χ2n) is 9.93. The largest absolute Gasteiger partial charge is 0.465 e. The van der Waals surface area contributed by atoms with Gasteiger partial charge in [-0.25, -0.2) is 4.90 Å². The monoisotopic (exact) mass is 677 g/mol. The lowest BCUT2D eigenvalue weighted by molar-refractivity contribution is -0.152. The van der Waals surface area contributed by atoms with Crippen molar-refractivity contribution >= 4 is 66.9 Å². The molecular formula is C32H25Br2NO6. The predicted octanol–water partition coefficient (Wildman–Crippen LogP) is 6.23. The Bertz CT molecular complexity index is 1610. The fraction of sp³-hybridized carbons (Fsp3) is 0.219. The molecule has 3 atom stereocenters. The first-order chi connectivity index (χ1) is 19.6. The molecule has 2 amide bonds. The van der Waals surface area contributed by atoms with Gasteiger partial charge in [-0.2, -0.15) is 0 Å². The molecule has 0 fully saturated rings. The molecule has 2 aliphatic rings. The van der Waals surface area contributed by atoms with Crippen LogP contribution in [0.4, 0.5) is 5.69 Å². The van der Waals surface area contributed by atoms with E-state index in [4.69, 9.17) is 4.74 Å². The Balaban J connectivity index is 1.74. The van der Waals surface area contributed by atoms with Gasteiger partial charge in [0, 0.05) is 44.9 Å². The average Bonchev–Trinajstić information content (AvgIpc) is 3.42. The molecule has 3 aromatic rings. The van der Waals surface area contributed by atoms with Crippen molar-refractivity contribution in [1.82, 2.24) is 0 Å². The summed E-state index contributed by atoms with van der Waals surface area (Å²) in [5.74, 6) is -4.99. The van der Waals surface area contributed by atoms with E-state index < -0.39 is 40.8 Å². The van der Waals surface area contributed by atoms with E-state index >= 15 is 0 Å². The Labute approximate surface area is 253 Å². The molecule has 1 aliphatic heterocycles. The summed E-state index contributed by atoms with van der Waals surface area (Å²) in [6.45, 7) is 2.92. The van der Waals surface area contributed by atoms with Crippen molar-refractivity contribution in [2.45, 2.75) is 25.7 Å². The highest BCUT2D eigenvalue weighted by atomic mass is 79.9. The zero-order valence-corrected chi connectivity index (χ0v) is 25.4. The molecule has 0 radical (unpaired) electrons. The summed E-state index contributed by atoms with van der Waals surface area (Å²) >= 11 is 6.74. The molecule has 0 aromatic heterocycles. The third kappa shape index (κ3) is 4.81. The van der Waals surface area contributed by atoms with Crippen LogP contribution in [-0.4, -0.2) is 36.0 Å². The lowest BCUT2D eigenvalue weighted by Gasteiger charge is -2.35. The van der Waals surface area contributed by atoms with Crippen molar-refractivity contribution in [3.63, 3.8) is 0 Å². The highest BCUT2D eigenvalue weighted by molar-refractivity contribution is 9.10. The van der Waals surface area contributed by atoms with Gasteiger partial charge in [0.2, 0.25) is 11.8 Å². The number of anilines is 1. The number of imide groups is 1. The van der Waals surface area contributed by atoms with Crippen LogP contribution in [0.1, 0.15) is 46.5 Å². The van der Waals surface area contributed by atoms with Gasteiger partial charge in [-0.05, 0) is 55.0 Å². The number of rotatable bonds is 7. The Morgan fingerprint density at radius 1 is 0.878 bits per heavy atom. The van der Waals surface area contributed by atoms with Crippen molar-refractivity contribution < 1.29 is 28.7 Å². The minimum absolute atomic E-state index is 0.0138. The van der Waals surface area contributed by atoms with Crippen LogP contribution in [0.25, 0.3) is 0 Å². The zero-order valence-electron chi connectivity index (χ0n) is 22.2. The molecule has 0 N–H and O–H groups in total. The SMILES string of the molecule is CCOC(=O)[C@H]1C(C(=O)c2ccc(Br)cc2)=C[C@@H](CC(=O)c2ccc(Br)cc2)[C@@]12C(=O)N(C(C)=O)c1ccccc12. The maximum atomic E-state index is 14.5. The Morgan fingerprint density at radius 3 is 2.05 bits per heavy atom. The van der Waals surface area contributed by atoms with Crippen molar-refractivity contribution in [3.8, 4) is 0 Å². The minimum Gasteiger partial charge on any atom is -0.465 e. The van der Waals surface area contributed by atoms with Gasteiger partial charge in [-0.3, -0.25) is 24.0 Å². The molecule has 5 rings (SSSR count). The molecule has 0 saturated heterocycles. The fourth-order valence-corrected chi connectivity index (χ4v) is 6.50. The smallest absolute Gasteiger partial charge is 0.315 e. The first-order valence-electron chi connectivity index (χ1n) is 13.0. The summed E-state index contributed by atoms with van der Waals surface area (Å²) < 4.78 is 7.04. The lowest BCUT2D eigenvalue weighted by atomic mass is 9.64. The van der Waals surface area contributed by atoms with Crippen LogP contribution >= 0.6 is 31.9 Å². The highest BCUT2D eigenvalue weighted by Gasteiger charge is 2.67. The Morgan fingerprint density at radius 2 is 1.46 bits per heavy atom. The fourth-order valence-electron chi connectivity index (χ4n) is 5.97. The van der Waals surface area contributed by atoms with E-state index in [2.05, 4.69) is 31.9 Å². The molecule has 41 heavy (non-hydrogen) atoms. The second-order valence-corrected chi connectivity index (χ2v) is 11.8. The van der Waals surface area contributed by atoms with Crippen LogP contribution in [0.3, 0.4) is 0 Å². The number of nitrogens with zero attached hydrogens (tertiary/aromatic N) is 1. The number of hydrogen-bond donors (Lipinski definition) is 0. The number of carbonyl (C=O) groups excluding carboxylic acids is 5. The van der Waals surface area contributed by atoms with Crippen molar-refractivity contribution in [2.75, 3.05) is 11.5 Å². The van der Waals surface area contributed by atoms with Crippen molar-refractivity contribution in [3.05, 3.63) is 110 Å². The van der Waals surface area contributed by atoms with Crippen LogP contribution in [0.2, 0.25) is 0 Å². The van der Waals surface area contributed by atoms with Gasteiger partial charge in [-0.15, -0.1) is 0 Å². The molecule has 0 saturated carbocycles. The van der Waals surface area contributed by atoms with E-state index in [0.29, 0.717) is 22.4 Å². The standard InChI is InChI=1S/C32H25Br2NO6/c1-3-41-30(39)28-24(29(38)20-10-14-23(34)15-11-20)16-21(17-27(37)19-8-12-22(33)13-9-19)32(28)25-6-4-5-7-26(25)35(18(2)36)31(32)40/h4-16,21,28H,3,17H2,1-2H3/t21-,28+,32-/m0/s1. The van der Waals surface area contributed by atoms with E-state index in [9.17, 15) is 24.0 Å². The first kappa shape index (κ1) is 28.8. The van der Waals surface area contributed by atoms with Crippen LogP contribution in [0, 0.1) is 11.8 Å². The van der Waals surface area contributed by atoms with Gasteiger partial charge in [0.15, 0.2) is 11.6 Å². The molecule has 1 aliphatic carbocycles. The van der Waals surface area contributed by atoms with Gasteiger partial charge < -0.3 is 4.74 Å². The predicted molar refractivity (Wildman–Crippen MR) is 160 cm³/mol. The van der Waals surface area contributed by atoms with E-state index in [1.165, 1.54) is 6.92 Å². The first-order valence-corrected chi connectivity index (χ1v) is 14.6. The minimum atomic E-state index is -1.74. The summed E-state index contributed by atoms with van der Waals surface area (Å²) in [7, 11) is 0. The summed E-state index contributed by atoms with van der Waals surface area (Å²) in [4.78, 5) is 69.8. The molecule has 208 valence electrons. The number of ether oxygens (including phenoxy) is 1. The van der Waals surface area contributed by atoms with Crippen LogP contribution < -0.4 is 4.90 Å². The maximum absolute atomic E-state index is 14.5. The van der Waals surface area contributed by atoms with E-state index in [1.54, 1.807) is 85.8 Å². The summed E-state index contributed by atoms with van der Waals surface area (Å²) in [6.07, 6.45) is 1.39. The molecule has 3 aromatic carbocycles. The van der Waals surface area contributed by atoms with Crippen molar-refractivity contribution in [1.29, 1.82) is 0 Å². The molecule has 1 spiro atoms. The highest BCUT2D eigenvalue weighted by Crippen LogP contribution is 2.58. The third-order valence-corrected chi connectivity index (χ3v) is 8.71. The number of carbonyl (C=O) groups is 5. The average molecular weight is 679 g/mol. The molecule has 0 unspecified atom stereocenters. The quantitative estimate of drug-likeness (QED) is 0.217. The van der Waals surface area contributed by atoms with Crippen LogP contribution in [0.15, 0.2) is 93.4 Å². The van der Waals surface area contributed by atoms with Gasteiger partial charge in [0.1, 0.15) is 11.3 Å². The van der Waals surface area contributed by atoms with E-state index in [-0.39, 0.29) is 24.4 Å². The summed E-state index contributed by atoms with van der Waals surface area (Å²) in [5, 5.41) is 0. The second kappa shape index (κ2) is 11.3. The Kier molecular flexibility index (Phi) is 7.94. The number of ketones is 2. The van der Waals surface area contributed by atoms with Gasteiger partial charge in [-0.1, -0.05) is 68.3 Å². The molecular weight excluding hydrogens is 654 g/mol. The number of amides is 2. The summed E-state index contributed by atoms with van der Waals surface area (Å²) in [5.41, 5.74) is -0.217. The number of hydrogen-bond acceptors (Lipinski definition) is 6. The maximum Gasteiger partial charge on any atom is 0.315 e. The van der Waals surface area contributed by atoms with Crippen LogP contribution in [-0.2, 0) is 24.5 Å². The van der Waals surface area contributed by atoms with Gasteiger partial charge in [0.25, 0.3) is 0 Å². The van der Waals surface area contributed by atoms with Gasteiger partial charge in [0.05, 0.1) is 12.3 Å². The number of benzene rings is 3. The molecule has 1 heterocycles. The van der Waals surface area contributed by atoms with Crippen LogP contribution in [0.5, 0.6) is 0 Å². The number of allylic oxidation sites excluding steroid dienone is 1. The third-order valence-electron chi connectivity index (χ3n) is 7.66. The number of fused-ring (bicyclic) bond motifs is 2. The molecule has 0 bridgehead atoms. The molecule has 9 heteroatoms.